The molecule has 0 saturated heterocycles. The average molecular weight is 400 g/mol. The van der Waals surface area contributed by atoms with Crippen LogP contribution in [0.3, 0.4) is 0 Å². The maximum Gasteiger partial charge on any atom is 1.00 e. The first-order valence-corrected chi connectivity index (χ1v) is 5.28. The summed E-state index contributed by atoms with van der Waals surface area (Å²) in [6.45, 7) is 0. The summed E-state index contributed by atoms with van der Waals surface area (Å²) in [4.78, 5) is 0. The largest absolute Gasteiger partial charge is 1.00 e. The summed E-state index contributed by atoms with van der Waals surface area (Å²) in [5.41, 5.74) is 0. The van der Waals surface area contributed by atoms with Gasteiger partial charge in [0.2, 0.25) is 0 Å². The molecule has 0 aliphatic heterocycles. The van der Waals surface area contributed by atoms with E-state index in [0.717, 1.165) is 0 Å². The third kappa shape index (κ3) is 2.32. The summed E-state index contributed by atoms with van der Waals surface area (Å²) < 4.78 is 163. The molecule has 1 aliphatic carbocycles. The van der Waals surface area contributed by atoms with Crippen LogP contribution in [0, 0.1) is 0 Å². The molecule has 0 aromatic rings. The quantitative estimate of drug-likeness (QED) is 0.362. The van der Waals surface area contributed by atoms with E-state index in [1.54, 1.807) is 0 Å². The minimum atomic E-state index is -7.41. The Kier molecular flexibility index (Phi) is 5.98. The molecule has 0 amide bonds. The summed E-state index contributed by atoms with van der Waals surface area (Å²) in [5.74, 6) is -43.8. The van der Waals surface area contributed by atoms with E-state index in [1.807, 2.05) is 0 Å². The van der Waals surface area contributed by atoms with Crippen LogP contribution in [0.2, 0.25) is 0 Å². The van der Waals surface area contributed by atoms with Crippen LogP contribution in [0.25, 0.3) is 0 Å². The Hall–Kier alpha value is 0.936. The van der Waals surface area contributed by atoms with Crippen molar-refractivity contribution in [3.8, 4) is 0 Å². The van der Waals surface area contributed by atoms with Crippen molar-refractivity contribution in [3.05, 3.63) is 0 Å². The Balaban J connectivity index is 0.00000441. The molecule has 126 valence electrons. The zero-order chi connectivity index (χ0) is 17.3. The molecule has 22 heavy (non-hydrogen) atoms. The van der Waals surface area contributed by atoms with Crippen LogP contribution in [-0.2, 0) is 15.5 Å². The second-order valence-electron chi connectivity index (χ2n) is 3.75. The maximum atomic E-state index is 13.3. The van der Waals surface area contributed by atoms with Crippen LogP contribution in [0.15, 0.2) is 0 Å². The van der Waals surface area contributed by atoms with Gasteiger partial charge in [0.05, 0.1) is 11.4 Å². The molecule has 0 N–H and O–H groups in total. The van der Waals surface area contributed by atoms with E-state index < -0.39 is 46.8 Å². The second kappa shape index (κ2) is 5.74. The second-order valence-corrected chi connectivity index (χ2v) is 4.33. The molecule has 16 heteroatoms. The van der Waals surface area contributed by atoms with Crippen LogP contribution >= 0.6 is 0 Å². The topological polar surface area (TPSA) is 49.4 Å². The molecule has 0 aromatic heterocycles. The fourth-order valence-electron chi connectivity index (χ4n) is 1.39. The van der Waals surface area contributed by atoms with Crippen molar-refractivity contribution in [2.45, 2.75) is 35.5 Å². The van der Waals surface area contributed by atoms with Gasteiger partial charge in [0, 0.05) is 0 Å². The van der Waals surface area contributed by atoms with E-state index in [-0.39, 0.29) is 51.4 Å². The Morgan fingerprint density at radius 1 is 0.636 bits per heavy atom. The predicted molar refractivity (Wildman–Crippen MR) is 38.6 cm³/mol. The summed E-state index contributed by atoms with van der Waals surface area (Å²) >= 11 is -4.78. The number of alkyl halides is 11. The third-order valence-electron chi connectivity index (χ3n) is 2.57. The normalized spacial score (nSPS) is 30.9. The van der Waals surface area contributed by atoms with Gasteiger partial charge in [-0.3, -0.25) is 0 Å². The first-order chi connectivity index (χ1) is 8.92. The van der Waals surface area contributed by atoms with E-state index >= 15 is 0 Å². The molecule has 1 aliphatic rings. The van der Waals surface area contributed by atoms with Gasteiger partial charge in [0.15, 0.2) is 0 Å². The van der Waals surface area contributed by atoms with E-state index in [9.17, 15) is 57.1 Å². The zero-order valence-corrected chi connectivity index (χ0v) is 13.7. The van der Waals surface area contributed by atoms with E-state index in [1.165, 1.54) is 0 Å². The Morgan fingerprint density at radius 3 is 1.09 bits per heavy atom. The predicted octanol–water partition coefficient (Wildman–Crippen LogP) is -0.343. The third-order valence-corrected chi connectivity index (χ3v) is 2.93. The van der Waals surface area contributed by atoms with Gasteiger partial charge in [-0.15, -0.1) is 0 Å². The molecular weight excluding hydrogens is 400 g/mol. The fourth-order valence-corrected chi connectivity index (χ4v) is 1.79. The first kappa shape index (κ1) is 22.9. The monoisotopic (exact) mass is 400 g/mol. The SMILES string of the molecule is O=S([O-])OC1(F)C(F)(F)C(F)(F)C(F)(F)C(F)(F)C1(F)F.[K+]. The maximum absolute atomic E-state index is 13.3. The van der Waals surface area contributed by atoms with Gasteiger partial charge in [-0.2, -0.15) is 48.3 Å². The number of hydrogen-bond donors (Lipinski definition) is 0. The molecule has 3 nitrogen and oxygen atoms in total. The van der Waals surface area contributed by atoms with Crippen LogP contribution in [0.4, 0.5) is 48.3 Å². The molecule has 1 saturated carbocycles. The van der Waals surface area contributed by atoms with Crippen molar-refractivity contribution >= 4 is 11.4 Å². The van der Waals surface area contributed by atoms with E-state index in [0.29, 0.717) is 0 Å². The molecular formula is C6F11KO3S. The van der Waals surface area contributed by atoms with Gasteiger partial charge in [-0.05, 0) is 0 Å². The molecule has 0 bridgehead atoms. The standard InChI is InChI=1S/C6HF11O3S.K/c7-1(8)2(9,10)4(13,14)6(17,20-21(18)19)5(15,16)3(1,11)12;/h(H,18,19);/q;+1/p-1. The van der Waals surface area contributed by atoms with Crippen molar-refractivity contribution in [1.82, 2.24) is 0 Å². The van der Waals surface area contributed by atoms with Gasteiger partial charge in [-0.25, -0.2) is 8.39 Å². The van der Waals surface area contributed by atoms with Crippen LogP contribution in [0.5, 0.6) is 0 Å². The number of halogens is 11. The molecule has 0 spiro atoms. The molecule has 1 rings (SSSR count). The summed E-state index contributed by atoms with van der Waals surface area (Å²) in [6.07, 6.45) is 0. The first-order valence-electron chi connectivity index (χ1n) is 4.28. The molecule has 0 aromatic carbocycles. The van der Waals surface area contributed by atoms with Crippen molar-refractivity contribution < 1.29 is 113 Å². The van der Waals surface area contributed by atoms with Crippen LogP contribution in [0.1, 0.15) is 0 Å². The smallest absolute Gasteiger partial charge is 0.750 e. The Labute approximate surface area is 158 Å². The van der Waals surface area contributed by atoms with Gasteiger partial charge < -0.3 is 4.55 Å². The van der Waals surface area contributed by atoms with Crippen molar-refractivity contribution in [3.63, 3.8) is 0 Å². The molecule has 0 heterocycles. The molecule has 1 fully saturated rings. The van der Waals surface area contributed by atoms with Gasteiger partial charge >= 0.3 is 86.9 Å². The summed E-state index contributed by atoms with van der Waals surface area (Å²) in [6, 6.07) is 0. The van der Waals surface area contributed by atoms with Gasteiger partial charge in [0.25, 0.3) is 0 Å². The van der Waals surface area contributed by atoms with Crippen LogP contribution < -0.4 is 51.4 Å². The van der Waals surface area contributed by atoms with E-state index in [2.05, 4.69) is 4.18 Å². The van der Waals surface area contributed by atoms with E-state index in [4.69, 9.17) is 0 Å². The summed E-state index contributed by atoms with van der Waals surface area (Å²) in [7, 11) is 0. The minimum absolute atomic E-state index is 0. The molecule has 1 atom stereocenters. The average Bonchev–Trinajstić information content (AvgIpc) is 2.25. The van der Waals surface area contributed by atoms with Crippen molar-refractivity contribution in [1.29, 1.82) is 0 Å². The van der Waals surface area contributed by atoms with Crippen molar-refractivity contribution in [2.75, 3.05) is 0 Å². The van der Waals surface area contributed by atoms with Crippen molar-refractivity contribution in [2.24, 2.45) is 0 Å². The number of rotatable bonds is 2. The minimum Gasteiger partial charge on any atom is -0.750 e. The Morgan fingerprint density at radius 2 is 0.864 bits per heavy atom. The Bertz CT molecular complexity index is 450. The summed E-state index contributed by atoms with van der Waals surface area (Å²) in [5, 5.41) is 0. The van der Waals surface area contributed by atoms with Gasteiger partial charge in [-0.1, -0.05) is 0 Å². The molecule has 1 unspecified atom stereocenters. The zero-order valence-electron chi connectivity index (χ0n) is 9.79. The molecule has 0 radical (unpaired) electrons. The van der Waals surface area contributed by atoms with Gasteiger partial charge in [0.1, 0.15) is 0 Å². The fraction of sp³-hybridized carbons (Fsp3) is 1.00. The number of hydrogen-bond acceptors (Lipinski definition) is 3. The van der Waals surface area contributed by atoms with Crippen LogP contribution in [-0.4, -0.2) is 44.2 Å².